The van der Waals surface area contributed by atoms with E-state index in [0.717, 1.165) is 30.6 Å². The van der Waals surface area contributed by atoms with Gasteiger partial charge in [-0.2, -0.15) is 5.10 Å². The Kier molecular flexibility index (Phi) is 4.54. The lowest BCUT2D eigenvalue weighted by atomic mass is 9.42. The summed E-state index contributed by atoms with van der Waals surface area (Å²) >= 11 is 1.06. The molecule has 7 heteroatoms. The first-order chi connectivity index (χ1) is 14.4. The molecule has 4 aliphatic carbocycles. The van der Waals surface area contributed by atoms with Gasteiger partial charge in [-0.25, -0.2) is 5.43 Å². The molecule has 4 fully saturated rings. The molecule has 6 nitrogen and oxygen atoms in total. The lowest BCUT2D eigenvalue weighted by Gasteiger charge is -2.61. The molecular weight excluding hydrogens is 398 g/mol. The molecule has 6 rings (SSSR count). The Hall–Kier alpha value is -2.54. The Morgan fingerprint density at radius 3 is 2.57 bits per heavy atom. The van der Waals surface area contributed by atoms with Crippen LogP contribution in [0.1, 0.15) is 55.2 Å². The maximum atomic E-state index is 13.3. The van der Waals surface area contributed by atoms with E-state index in [4.69, 9.17) is 0 Å². The second-order valence-corrected chi connectivity index (χ2v) is 10.5. The van der Waals surface area contributed by atoms with Crippen LogP contribution >= 0.6 is 11.3 Å². The van der Waals surface area contributed by atoms with Gasteiger partial charge in [0, 0.05) is 17.0 Å². The molecule has 1 amide bonds. The van der Waals surface area contributed by atoms with Crippen LogP contribution < -0.4 is 5.43 Å². The van der Waals surface area contributed by atoms with E-state index in [1.165, 1.54) is 42.7 Å². The number of amides is 1. The summed E-state index contributed by atoms with van der Waals surface area (Å²) in [5.41, 5.74) is 5.80. The molecule has 156 valence electrons. The number of nitrogens with zero attached hydrogens (tertiary/aromatic N) is 2. The molecule has 0 spiro atoms. The second-order valence-electron chi connectivity index (χ2n) is 9.56. The number of thiophene rings is 1. The highest BCUT2D eigenvalue weighted by Crippen LogP contribution is 2.65. The first kappa shape index (κ1) is 19.4. The summed E-state index contributed by atoms with van der Waals surface area (Å²) in [6, 6.07) is 10.4. The van der Waals surface area contributed by atoms with Crippen molar-refractivity contribution in [3.05, 3.63) is 62.5 Å². The fraction of sp³-hybridized carbons (Fsp3) is 0.478. The summed E-state index contributed by atoms with van der Waals surface area (Å²) in [5.74, 6) is 1.21. The lowest BCUT2D eigenvalue weighted by Crippen LogP contribution is -2.58. The van der Waals surface area contributed by atoms with Crippen LogP contribution in [0.5, 0.6) is 0 Å². The van der Waals surface area contributed by atoms with Crippen LogP contribution in [-0.4, -0.2) is 17.0 Å². The molecule has 1 aromatic carbocycles. The van der Waals surface area contributed by atoms with E-state index in [-0.39, 0.29) is 21.7 Å². The van der Waals surface area contributed by atoms with E-state index in [0.29, 0.717) is 17.4 Å². The van der Waals surface area contributed by atoms with E-state index in [2.05, 4.69) is 41.7 Å². The van der Waals surface area contributed by atoms with Crippen molar-refractivity contribution in [2.45, 2.75) is 50.9 Å². The minimum Gasteiger partial charge on any atom is -0.273 e. The maximum absolute atomic E-state index is 13.3. The van der Waals surface area contributed by atoms with Crippen molar-refractivity contribution in [2.24, 2.45) is 22.4 Å². The van der Waals surface area contributed by atoms with Crippen LogP contribution in [0.15, 0.2) is 40.8 Å². The molecule has 0 radical (unpaired) electrons. The van der Waals surface area contributed by atoms with Crippen molar-refractivity contribution in [2.75, 3.05) is 0 Å². The van der Waals surface area contributed by atoms with Gasteiger partial charge in [-0.3, -0.25) is 14.9 Å². The predicted molar refractivity (Wildman–Crippen MR) is 117 cm³/mol. The van der Waals surface area contributed by atoms with Crippen LogP contribution in [0, 0.1) is 34.3 Å². The van der Waals surface area contributed by atoms with Gasteiger partial charge in [0.25, 0.3) is 0 Å². The number of hydrogen-bond acceptors (Lipinski definition) is 5. The number of hydrazone groups is 1. The molecular formula is C23H25N3O3S. The van der Waals surface area contributed by atoms with Crippen LogP contribution in [-0.2, 0) is 10.2 Å². The van der Waals surface area contributed by atoms with Crippen molar-refractivity contribution >= 4 is 28.5 Å². The lowest BCUT2D eigenvalue weighted by molar-refractivity contribution is -0.380. The zero-order valence-electron chi connectivity index (χ0n) is 17.0. The molecule has 2 atom stereocenters. The summed E-state index contributed by atoms with van der Waals surface area (Å²) in [4.78, 5) is 23.7. The van der Waals surface area contributed by atoms with Crippen molar-refractivity contribution in [3.8, 4) is 0 Å². The van der Waals surface area contributed by atoms with Gasteiger partial charge in [0.15, 0.2) is 0 Å². The van der Waals surface area contributed by atoms with Gasteiger partial charge in [-0.1, -0.05) is 41.2 Å². The summed E-state index contributed by atoms with van der Waals surface area (Å²) < 4.78 is 0. The molecule has 1 heterocycles. The normalized spacial score (nSPS) is 31.9. The van der Waals surface area contributed by atoms with E-state index in [1.54, 1.807) is 5.38 Å². The number of rotatable bonds is 5. The quantitative estimate of drug-likeness (QED) is 0.419. The van der Waals surface area contributed by atoms with E-state index >= 15 is 0 Å². The molecule has 30 heavy (non-hydrogen) atoms. The second kappa shape index (κ2) is 7.01. The van der Waals surface area contributed by atoms with Crippen molar-refractivity contribution < 1.29 is 9.72 Å². The molecule has 4 bridgehead atoms. The van der Waals surface area contributed by atoms with Crippen LogP contribution in [0.4, 0.5) is 5.00 Å². The number of nitrogens with one attached hydrogen (secondary N) is 1. The molecule has 2 unspecified atom stereocenters. The van der Waals surface area contributed by atoms with Gasteiger partial charge in [-0.05, 0) is 68.3 Å². The number of hydrogen-bond donors (Lipinski definition) is 1. The molecule has 4 aliphatic rings. The molecule has 4 saturated carbocycles. The Labute approximate surface area is 179 Å². The van der Waals surface area contributed by atoms with Gasteiger partial charge in [-0.15, -0.1) is 0 Å². The van der Waals surface area contributed by atoms with Crippen LogP contribution in [0.2, 0.25) is 0 Å². The fourth-order valence-electron chi connectivity index (χ4n) is 6.56. The minimum atomic E-state index is -0.416. The smallest absolute Gasteiger partial charge is 0.273 e. The SMILES string of the molecule is Cc1ccc(C23CC4CC(CC(C(=O)N/N=C/c5csc([N+](=O)[O-])c5)(C4)C2)C3)cc1. The van der Waals surface area contributed by atoms with Gasteiger partial charge in [0.1, 0.15) is 0 Å². The third-order valence-electron chi connectivity index (χ3n) is 7.37. The summed E-state index contributed by atoms with van der Waals surface area (Å²) in [5, 5.41) is 16.7. The summed E-state index contributed by atoms with van der Waals surface area (Å²) in [7, 11) is 0. The summed E-state index contributed by atoms with van der Waals surface area (Å²) in [6.07, 6.45) is 7.89. The zero-order valence-corrected chi connectivity index (χ0v) is 17.8. The molecule has 0 aliphatic heterocycles. The maximum Gasteiger partial charge on any atom is 0.324 e. The highest BCUT2D eigenvalue weighted by Gasteiger charge is 2.60. The first-order valence-electron chi connectivity index (χ1n) is 10.5. The first-order valence-corrected chi connectivity index (χ1v) is 11.4. The monoisotopic (exact) mass is 423 g/mol. The van der Waals surface area contributed by atoms with Crippen LogP contribution in [0.3, 0.4) is 0 Å². The number of carbonyl (C=O) groups is 1. The van der Waals surface area contributed by atoms with Crippen molar-refractivity contribution in [3.63, 3.8) is 0 Å². The Morgan fingerprint density at radius 2 is 1.93 bits per heavy atom. The van der Waals surface area contributed by atoms with E-state index in [1.807, 2.05) is 0 Å². The highest BCUT2D eigenvalue weighted by atomic mass is 32.1. The number of benzene rings is 1. The molecule has 0 saturated heterocycles. The average Bonchev–Trinajstić information content (AvgIpc) is 3.16. The van der Waals surface area contributed by atoms with Crippen molar-refractivity contribution in [1.29, 1.82) is 0 Å². The number of aryl methyl sites for hydroxylation is 1. The van der Waals surface area contributed by atoms with E-state index in [9.17, 15) is 14.9 Å². The minimum absolute atomic E-state index is 0.00839. The Morgan fingerprint density at radius 1 is 1.23 bits per heavy atom. The highest BCUT2D eigenvalue weighted by molar-refractivity contribution is 7.13. The van der Waals surface area contributed by atoms with Crippen LogP contribution in [0.25, 0.3) is 0 Å². The molecule has 2 aromatic rings. The van der Waals surface area contributed by atoms with Gasteiger partial charge < -0.3 is 0 Å². The van der Waals surface area contributed by atoms with E-state index < -0.39 is 4.92 Å². The zero-order chi connectivity index (χ0) is 20.9. The third-order valence-corrected chi connectivity index (χ3v) is 8.27. The standard InChI is InChI=1S/C23H25N3O3S/c1-15-2-4-19(5-3-15)22-8-16-6-17(9-22)11-23(10-16,14-22)21(27)25-24-12-18-7-20(26(28)29)30-13-18/h2-5,7,12-13,16-17H,6,8-11,14H2,1H3,(H,25,27)/b24-12+. The largest absolute Gasteiger partial charge is 0.324 e. The van der Waals surface area contributed by atoms with Crippen molar-refractivity contribution in [1.82, 2.24) is 5.43 Å². The summed E-state index contributed by atoms with van der Waals surface area (Å²) in [6.45, 7) is 2.11. The Bertz CT molecular complexity index is 1010. The number of nitro groups is 1. The molecule has 1 aromatic heterocycles. The van der Waals surface area contributed by atoms with Gasteiger partial charge in [0.05, 0.1) is 16.6 Å². The Balaban J connectivity index is 1.35. The molecule has 1 N–H and O–H groups in total. The average molecular weight is 424 g/mol. The van der Waals surface area contributed by atoms with Gasteiger partial charge in [0.2, 0.25) is 5.91 Å². The topological polar surface area (TPSA) is 84.6 Å². The predicted octanol–water partition coefficient (Wildman–Crippen LogP) is 4.95. The fourth-order valence-corrected chi connectivity index (χ4v) is 7.24. The number of carbonyl (C=O) groups excluding carboxylic acids is 1. The van der Waals surface area contributed by atoms with Gasteiger partial charge >= 0.3 is 5.00 Å². The third kappa shape index (κ3) is 3.25.